The van der Waals surface area contributed by atoms with Crippen LogP contribution in [0.25, 0.3) is 0 Å². The minimum absolute atomic E-state index is 0.00481. The van der Waals surface area contributed by atoms with Gasteiger partial charge in [-0.2, -0.15) is 0 Å². The molecule has 1 aliphatic heterocycles. The predicted molar refractivity (Wildman–Crippen MR) is 114 cm³/mol. The third-order valence-corrected chi connectivity index (χ3v) is 6.07. The molecule has 0 aromatic heterocycles. The molecule has 2 amide bonds. The average molecular weight is 458 g/mol. The molecular weight excluding hydrogens is 434 g/mol. The molecule has 2 aliphatic rings. The Hall–Kier alpha value is -3.49. The normalized spacial score (nSPS) is 21.3. The third-order valence-electron chi connectivity index (χ3n) is 6.07. The van der Waals surface area contributed by atoms with E-state index in [1.165, 1.54) is 18.1 Å². The van der Waals surface area contributed by atoms with E-state index in [2.05, 4.69) is 5.32 Å². The largest absolute Gasteiger partial charge is 0.465 e. The molecule has 174 valence electrons. The number of amides is 2. The molecule has 2 aromatic rings. The number of rotatable bonds is 5. The van der Waals surface area contributed by atoms with E-state index in [1.54, 1.807) is 36.4 Å². The van der Waals surface area contributed by atoms with Gasteiger partial charge in [-0.25, -0.2) is 18.4 Å². The maximum atomic E-state index is 14.2. The molecule has 2 aromatic carbocycles. The average Bonchev–Trinajstić information content (AvgIpc) is 3.13. The van der Waals surface area contributed by atoms with Crippen LogP contribution in [0.4, 0.5) is 13.6 Å². The maximum absolute atomic E-state index is 14.2. The zero-order valence-corrected chi connectivity index (χ0v) is 18.1. The lowest BCUT2D eigenvalue weighted by Gasteiger charge is -2.40. The van der Waals surface area contributed by atoms with Crippen LogP contribution in [0, 0.1) is 0 Å². The fraction of sp³-hybridized carbons (Fsp3) is 0.375. The Morgan fingerprint density at radius 1 is 1.18 bits per heavy atom. The second-order valence-corrected chi connectivity index (χ2v) is 8.28. The van der Waals surface area contributed by atoms with E-state index in [0.29, 0.717) is 11.1 Å². The van der Waals surface area contributed by atoms with Gasteiger partial charge in [0.2, 0.25) is 5.92 Å². The summed E-state index contributed by atoms with van der Waals surface area (Å²) >= 11 is 0. The number of benzene rings is 2. The first-order valence-corrected chi connectivity index (χ1v) is 10.6. The number of esters is 1. The molecular formula is C24H24F2N2O5. The van der Waals surface area contributed by atoms with Crippen molar-refractivity contribution in [3.8, 4) is 0 Å². The number of carbonyl (C=O) groups is 3. The first-order chi connectivity index (χ1) is 15.8. The Labute approximate surface area is 189 Å². The van der Waals surface area contributed by atoms with Gasteiger partial charge < -0.3 is 19.7 Å². The van der Waals surface area contributed by atoms with Crippen molar-refractivity contribution in [2.75, 3.05) is 7.11 Å². The third kappa shape index (κ3) is 4.97. The van der Waals surface area contributed by atoms with Crippen LogP contribution in [0.3, 0.4) is 0 Å². The van der Waals surface area contributed by atoms with Gasteiger partial charge in [0.25, 0.3) is 5.91 Å². The molecule has 4 rings (SSSR count). The van der Waals surface area contributed by atoms with Crippen LogP contribution in [0.2, 0.25) is 0 Å². The predicted octanol–water partition coefficient (Wildman–Crippen LogP) is 3.91. The van der Waals surface area contributed by atoms with Crippen LogP contribution in [0.15, 0.2) is 48.5 Å². The molecule has 1 fully saturated rings. The number of fused-ring (bicyclic) bond motifs is 1. The zero-order valence-electron chi connectivity index (χ0n) is 18.1. The van der Waals surface area contributed by atoms with Crippen LogP contribution in [0.5, 0.6) is 0 Å². The van der Waals surface area contributed by atoms with Gasteiger partial charge in [-0.15, -0.1) is 0 Å². The van der Waals surface area contributed by atoms with Gasteiger partial charge in [0, 0.05) is 24.9 Å². The summed E-state index contributed by atoms with van der Waals surface area (Å²) in [6, 6.07) is 12.1. The van der Waals surface area contributed by atoms with Crippen LogP contribution in [-0.2, 0) is 22.6 Å². The summed E-state index contributed by atoms with van der Waals surface area (Å²) in [6.45, 7) is 0.216. The summed E-state index contributed by atoms with van der Waals surface area (Å²) in [5.41, 5.74) is 2.03. The Kier molecular flexibility index (Phi) is 6.31. The van der Waals surface area contributed by atoms with Gasteiger partial charge in [-0.1, -0.05) is 36.4 Å². The van der Waals surface area contributed by atoms with E-state index in [4.69, 9.17) is 9.47 Å². The molecule has 1 heterocycles. The molecule has 9 heteroatoms. The van der Waals surface area contributed by atoms with Gasteiger partial charge in [0.15, 0.2) is 0 Å². The van der Waals surface area contributed by atoms with Crippen molar-refractivity contribution < 1.29 is 32.6 Å². The zero-order chi connectivity index (χ0) is 23.6. The molecule has 1 saturated carbocycles. The number of alkyl carbamates (subject to hydrolysis) is 1. The Morgan fingerprint density at radius 3 is 2.67 bits per heavy atom. The standard InChI is InChI=1S/C24H24F2N2O5/c1-32-22(30)16-7-8-17-13-28(21(29)18(17)11-16)20-9-10-24(25,26)12-19(20)27-23(31)33-14-15-5-3-2-4-6-15/h2-8,11,19-20H,9-10,12-14H2,1H3,(H,27,31)/t19-,20-/m1/s1. The van der Waals surface area contributed by atoms with Crippen LogP contribution in [0.1, 0.15) is 51.1 Å². The molecule has 0 unspecified atom stereocenters. The number of hydrogen-bond donors (Lipinski definition) is 1. The van der Waals surface area contributed by atoms with Gasteiger partial charge >= 0.3 is 12.1 Å². The molecule has 0 spiro atoms. The second-order valence-electron chi connectivity index (χ2n) is 8.28. The van der Waals surface area contributed by atoms with E-state index in [9.17, 15) is 23.2 Å². The molecule has 1 aliphatic carbocycles. The van der Waals surface area contributed by atoms with Gasteiger partial charge in [-0.3, -0.25) is 4.79 Å². The minimum atomic E-state index is -2.96. The quantitative estimate of drug-likeness (QED) is 0.687. The summed E-state index contributed by atoms with van der Waals surface area (Å²) in [7, 11) is 1.25. The summed E-state index contributed by atoms with van der Waals surface area (Å²) in [5, 5.41) is 2.55. The van der Waals surface area contributed by atoms with Crippen molar-refractivity contribution >= 4 is 18.0 Å². The van der Waals surface area contributed by atoms with Crippen molar-refractivity contribution in [2.24, 2.45) is 0 Å². The lowest BCUT2D eigenvalue weighted by Crippen LogP contribution is -2.56. The van der Waals surface area contributed by atoms with Crippen LogP contribution >= 0.6 is 0 Å². The summed E-state index contributed by atoms with van der Waals surface area (Å²) in [4.78, 5) is 38.8. The maximum Gasteiger partial charge on any atom is 0.407 e. The highest BCUT2D eigenvalue weighted by Crippen LogP contribution is 2.38. The van der Waals surface area contributed by atoms with E-state index >= 15 is 0 Å². The first kappa shape index (κ1) is 22.7. The SMILES string of the molecule is COC(=O)c1ccc2c(c1)C(=O)N([C@@H]1CCC(F)(F)C[C@H]1NC(=O)OCc1ccccc1)C2. The number of ether oxygens (including phenoxy) is 2. The van der Waals surface area contributed by atoms with E-state index < -0.39 is 36.5 Å². The number of alkyl halides is 2. The highest BCUT2D eigenvalue weighted by Gasteiger charge is 2.47. The highest BCUT2D eigenvalue weighted by atomic mass is 19.3. The Balaban J connectivity index is 1.48. The number of methoxy groups -OCH3 is 1. The number of carbonyl (C=O) groups excluding carboxylic acids is 3. The number of halogens is 2. The van der Waals surface area contributed by atoms with Crippen molar-refractivity contribution in [1.82, 2.24) is 10.2 Å². The summed E-state index contributed by atoms with van der Waals surface area (Å²) in [5.74, 6) is -3.89. The molecule has 2 atom stereocenters. The lowest BCUT2D eigenvalue weighted by molar-refractivity contribution is -0.0636. The van der Waals surface area contributed by atoms with E-state index in [-0.39, 0.29) is 37.5 Å². The Bertz CT molecular complexity index is 1060. The molecule has 0 radical (unpaired) electrons. The van der Waals surface area contributed by atoms with Gasteiger partial charge in [0.1, 0.15) is 6.61 Å². The fourth-order valence-electron chi connectivity index (χ4n) is 4.39. The monoisotopic (exact) mass is 458 g/mol. The number of nitrogens with zero attached hydrogens (tertiary/aromatic N) is 1. The van der Waals surface area contributed by atoms with Crippen molar-refractivity contribution in [3.05, 3.63) is 70.8 Å². The second kappa shape index (κ2) is 9.17. The van der Waals surface area contributed by atoms with Crippen molar-refractivity contribution in [3.63, 3.8) is 0 Å². The Morgan fingerprint density at radius 2 is 1.94 bits per heavy atom. The molecule has 7 nitrogen and oxygen atoms in total. The number of hydrogen-bond acceptors (Lipinski definition) is 5. The molecule has 33 heavy (non-hydrogen) atoms. The highest BCUT2D eigenvalue weighted by molar-refractivity contribution is 6.01. The lowest BCUT2D eigenvalue weighted by atomic mass is 9.86. The van der Waals surface area contributed by atoms with E-state index in [0.717, 1.165) is 5.56 Å². The molecule has 1 N–H and O–H groups in total. The fourth-order valence-corrected chi connectivity index (χ4v) is 4.39. The smallest absolute Gasteiger partial charge is 0.407 e. The topological polar surface area (TPSA) is 84.9 Å². The van der Waals surface area contributed by atoms with Crippen molar-refractivity contribution in [1.29, 1.82) is 0 Å². The first-order valence-electron chi connectivity index (χ1n) is 10.6. The molecule has 0 saturated heterocycles. The van der Waals surface area contributed by atoms with Gasteiger partial charge in [-0.05, 0) is 29.7 Å². The van der Waals surface area contributed by atoms with Crippen LogP contribution in [-0.4, -0.2) is 48.0 Å². The van der Waals surface area contributed by atoms with E-state index in [1.807, 2.05) is 6.07 Å². The summed E-state index contributed by atoms with van der Waals surface area (Å²) in [6.07, 6.45) is -1.77. The van der Waals surface area contributed by atoms with Gasteiger partial charge in [0.05, 0.1) is 24.8 Å². The van der Waals surface area contributed by atoms with Crippen molar-refractivity contribution in [2.45, 2.75) is 50.4 Å². The molecule has 0 bridgehead atoms. The minimum Gasteiger partial charge on any atom is -0.465 e. The number of nitrogens with one attached hydrogen (secondary N) is 1. The van der Waals surface area contributed by atoms with Crippen LogP contribution < -0.4 is 5.32 Å². The summed E-state index contributed by atoms with van der Waals surface area (Å²) < 4.78 is 38.3.